The maximum atomic E-state index is 11.9. The zero-order valence-electron chi connectivity index (χ0n) is 10.9. The predicted molar refractivity (Wildman–Crippen MR) is 73.0 cm³/mol. The first-order valence-electron chi connectivity index (χ1n) is 6.14. The van der Waals surface area contributed by atoms with E-state index in [9.17, 15) is 9.59 Å². The van der Waals surface area contributed by atoms with Crippen molar-refractivity contribution < 1.29 is 14.3 Å². The second-order valence-electron chi connectivity index (χ2n) is 3.78. The molecule has 0 bridgehead atoms. The number of hydrogen-bond acceptors (Lipinski definition) is 4. The van der Waals surface area contributed by atoms with Crippen molar-refractivity contribution in [2.75, 3.05) is 31.6 Å². The first kappa shape index (κ1) is 15.1. The van der Waals surface area contributed by atoms with E-state index in [1.165, 1.54) is 0 Å². The summed E-state index contributed by atoms with van der Waals surface area (Å²) in [4.78, 5) is 23.4. The lowest BCUT2D eigenvalue weighted by Crippen LogP contribution is -2.30. The van der Waals surface area contributed by atoms with Crippen LogP contribution in [0.3, 0.4) is 0 Å². The second kappa shape index (κ2) is 8.23. The van der Waals surface area contributed by atoms with Crippen molar-refractivity contribution in [3.8, 4) is 0 Å². The van der Waals surface area contributed by atoms with Gasteiger partial charge in [0, 0.05) is 19.7 Å². The van der Waals surface area contributed by atoms with Crippen molar-refractivity contribution >= 4 is 17.5 Å². The van der Waals surface area contributed by atoms with Gasteiger partial charge in [-0.2, -0.15) is 0 Å². The van der Waals surface area contributed by atoms with Crippen LogP contribution in [0.25, 0.3) is 0 Å². The van der Waals surface area contributed by atoms with Crippen LogP contribution in [0.5, 0.6) is 0 Å². The van der Waals surface area contributed by atoms with Crippen LogP contribution in [0.15, 0.2) is 24.3 Å². The third kappa shape index (κ3) is 5.07. The van der Waals surface area contributed by atoms with Gasteiger partial charge in [-0.05, 0) is 19.1 Å². The second-order valence-corrected chi connectivity index (χ2v) is 3.78. The van der Waals surface area contributed by atoms with Crippen LogP contribution in [0.1, 0.15) is 17.3 Å². The van der Waals surface area contributed by atoms with E-state index in [0.29, 0.717) is 30.9 Å². The standard InChI is InChI=1S/C13H19N3O3/c1-2-19-9-12(17)16-11-6-4-3-5-10(11)13(18)15-8-7-14/h3-6H,2,7-9,14H2,1H3,(H,15,18)(H,16,17). The highest BCUT2D eigenvalue weighted by atomic mass is 16.5. The van der Waals surface area contributed by atoms with Gasteiger partial charge in [-0.3, -0.25) is 9.59 Å². The van der Waals surface area contributed by atoms with Gasteiger partial charge in [0.1, 0.15) is 6.61 Å². The fourth-order valence-electron chi connectivity index (χ4n) is 1.45. The third-order valence-electron chi connectivity index (χ3n) is 2.31. The molecule has 19 heavy (non-hydrogen) atoms. The van der Waals surface area contributed by atoms with Gasteiger partial charge in [-0.15, -0.1) is 0 Å². The summed E-state index contributed by atoms with van der Waals surface area (Å²) in [5.74, 6) is -0.557. The van der Waals surface area contributed by atoms with Crippen molar-refractivity contribution in [1.82, 2.24) is 5.32 Å². The van der Waals surface area contributed by atoms with Gasteiger partial charge in [-0.1, -0.05) is 12.1 Å². The summed E-state index contributed by atoms with van der Waals surface area (Å²) in [5, 5.41) is 5.31. The molecule has 104 valence electrons. The molecule has 4 N–H and O–H groups in total. The Morgan fingerprint density at radius 1 is 1.32 bits per heavy atom. The molecule has 6 heteroatoms. The maximum absolute atomic E-state index is 11.9. The van der Waals surface area contributed by atoms with Crippen LogP contribution >= 0.6 is 0 Å². The minimum atomic E-state index is -0.291. The van der Waals surface area contributed by atoms with Gasteiger partial charge in [-0.25, -0.2) is 0 Å². The summed E-state index contributed by atoms with van der Waals surface area (Å²) in [6.45, 7) is 2.99. The molecule has 0 saturated heterocycles. The van der Waals surface area contributed by atoms with E-state index in [4.69, 9.17) is 10.5 Å². The average molecular weight is 265 g/mol. The quantitative estimate of drug-likeness (QED) is 0.663. The number of hydrogen-bond donors (Lipinski definition) is 3. The van der Waals surface area contributed by atoms with Gasteiger partial charge in [0.15, 0.2) is 0 Å². The van der Waals surface area contributed by atoms with Crippen molar-refractivity contribution in [2.45, 2.75) is 6.92 Å². The molecule has 2 amide bonds. The summed E-state index contributed by atoms with van der Waals surface area (Å²) in [6.07, 6.45) is 0. The Balaban J connectivity index is 2.72. The molecular weight excluding hydrogens is 246 g/mol. The molecule has 0 fully saturated rings. The molecule has 0 spiro atoms. The van der Waals surface area contributed by atoms with Crippen LogP contribution in [0.4, 0.5) is 5.69 Å². The van der Waals surface area contributed by atoms with Crippen LogP contribution in [0, 0.1) is 0 Å². The Labute approximate surface area is 112 Å². The molecule has 0 aliphatic rings. The number of ether oxygens (including phenoxy) is 1. The molecule has 0 atom stereocenters. The monoisotopic (exact) mass is 265 g/mol. The molecule has 1 aromatic carbocycles. The molecule has 0 aliphatic heterocycles. The van der Waals surface area contributed by atoms with Gasteiger partial charge in [0.25, 0.3) is 5.91 Å². The molecular formula is C13H19N3O3. The molecule has 0 heterocycles. The number of anilines is 1. The minimum Gasteiger partial charge on any atom is -0.372 e. The number of nitrogens with one attached hydrogen (secondary N) is 2. The first-order valence-corrected chi connectivity index (χ1v) is 6.14. The van der Waals surface area contributed by atoms with E-state index < -0.39 is 0 Å². The summed E-state index contributed by atoms with van der Waals surface area (Å²) in [5.41, 5.74) is 6.19. The van der Waals surface area contributed by atoms with Gasteiger partial charge in [0.2, 0.25) is 5.91 Å². The molecule has 0 aliphatic carbocycles. The zero-order valence-corrected chi connectivity index (χ0v) is 10.9. The van der Waals surface area contributed by atoms with Crippen LogP contribution in [0.2, 0.25) is 0 Å². The zero-order chi connectivity index (χ0) is 14.1. The minimum absolute atomic E-state index is 0.0325. The van der Waals surface area contributed by atoms with E-state index >= 15 is 0 Å². The highest BCUT2D eigenvalue weighted by molar-refractivity contribution is 6.03. The number of carbonyl (C=O) groups is 2. The Bertz CT molecular complexity index is 435. The molecule has 6 nitrogen and oxygen atoms in total. The van der Waals surface area contributed by atoms with E-state index in [2.05, 4.69) is 10.6 Å². The molecule has 1 aromatic rings. The van der Waals surface area contributed by atoms with Crippen molar-refractivity contribution in [3.05, 3.63) is 29.8 Å². The van der Waals surface area contributed by atoms with Crippen molar-refractivity contribution in [3.63, 3.8) is 0 Å². The van der Waals surface area contributed by atoms with E-state index in [1.807, 2.05) is 6.92 Å². The van der Waals surface area contributed by atoms with Crippen LogP contribution < -0.4 is 16.4 Å². The average Bonchev–Trinajstić information content (AvgIpc) is 2.43. The summed E-state index contributed by atoms with van der Waals surface area (Å²) >= 11 is 0. The van der Waals surface area contributed by atoms with Gasteiger partial charge < -0.3 is 21.1 Å². The molecule has 0 unspecified atom stereocenters. The Hall–Kier alpha value is -1.92. The Kier molecular flexibility index (Phi) is 6.56. The first-order chi connectivity index (χ1) is 9.19. The van der Waals surface area contributed by atoms with Gasteiger partial charge in [0.05, 0.1) is 11.3 Å². The maximum Gasteiger partial charge on any atom is 0.253 e. The van der Waals surface area contributed by atoms with Crippen LogP contribution in [-0.2, 0) is 9.53 Å². The van der Waals surface area contributed by atoms with Crippen molar-refractivity contribution in [2.24, 2.45) is 5.73 Å². The number of benzene rings is 1. The Morgan fingerprint density at radius 2 is 2.05 bits per heavy atom. The van der Waals surface area contributed by atoms with E-state index in [0.717, 1.165) is 0 Å². The fourth-order valence-corrected chi connectivity index (χ4v) is 1.45. The topological polar surface area (TPSA) is 93.4 Å². The summed E-state index contributed by atoms with van der Waals surface area (Å²) in [7, 11) is 0. The van der Waals surface area contributed by atoms with E-state index in [-0.39, 0.29) is 18.4 Å². The summed E-state index contributed by atoms with van der Waals surface area (Å²) in [6, 6.07) is 6.79. The Morgan fingerprint density at radius 3 is 2.74 bits per heavy atom. The van der Waals surface area contributed by atoms with E-state index in [1.54, 1.807) is 24.3 Å². The lowest BCUT2D eigenvalue weighted by atomic mass is 10.1. The molecule has 1 rings (SSSR count). The number of nitrogens with two attached hydrogens (primary N) is 1. The lowest BCUT2D eigenvalue weighted by molar-refractivity contribution is -0.120. The smallest absolute Gasteiger partial charge is 0.253 e. The summed E-state index contributed by atoms with van der Waals surface area (Å²) < 4.78 is 5.00. The normalized spacial score (nSPS) is 10.0. The fraction of sp³-hybridized carbons (Fsp3) is 0.385. The van der Waals surface area contributed by atoms with Gasteiger partial charge >= 0.3 is 0 Å². The molecule has 0 saturated carbocycles. The van der Waals surface area contributed by atoms with Crippen LogP contribution in [-0.4, -0.2) is 38.1 Å². The van der Waals surface area contributed by atoms with Crippen molar-refractivity contribution in [1.29, 1.82) is 0 Å². The highest BCUT2D eigenvalue weighted by Crippen LogP contribution is 2.14. The predicted octanol–water partition coefficient (Wildman–Crippen LogP) is 0.350. The highest BCUT2D eigenvalue weighted by Gasteiger charge is 2.12. The number of para-hydroxylation sites is 1. The molecule has 0 aromatic heterocycles. The lowest BCUT2D eigenvalue weighted by Gasteiger charge is -2.11. The molecule has 0 radical (unpaired) electrons. The number of carbonyl (C=O) groups excluding carboxylic acids is 2. The number of amides is 2. The third-order valence-corrected chi connectivity index (χ3v) is 2.31. The largest absolute Gasteiger partial charge is 0.372 e. The SMILES string of the molecule is CCOCC(=O)Nc1ccccc1C(=O)NCCN. The number of rotatable bonds is 7.